The number of aliphatic hydroxyl groups is 1. The van der Waals surface area contributed by atoms with E-state index >= 15 is 0 Å². The number of carbonyl (C=O) groups is 3. The normalized spacial score (nSPS) is 13.0. The van der Waals surface area contributed by atoms with Crippen molar-refractivity contribution < 1.29 is 29.0 Å². The number of rotatable bonds is 52. The van der Waals surface area contributed by atoms with Gasteiger partial charge in [-0.1, -0.05) is 202 Å². The summed E-state index contributed by atoms with van der Waals surface area (Å²) in [6, 6.07) is 0. The molecule has 0 aromatic rings. The molecule has 0 fully saturated rings. The van der Waals surface area contributed by atoms with Crippen molar-refractivity contribution in [3.63, 3.8) is 0 Å². The van der Waals surface area contributed by atoms with Crippen LogP contribution in [-0.4, -0.2) is 84.8 Å². The van der Waals surface area contributed by atoms with Gasteiger partial charge in [0.25, 0.3) is 0 Å². The van der Waals surface area contributed by atoms with Crippen LogP contribution in [0, 0.1) is 11.8 Å². The lowest BCUT2D eigenvalue weighted by Crippen LogP contribution is -2.37. The van der Waals surface area contributed by atoms with Gasteiger partial charge in [0.2, 0.25) is 5.91 Å². The highest BCUT2D eigenvalue weighted by atomic mass is 16.5. The standard InChI is InChI=1S/C58H114N2O6/c1-7-12-17-22-24-30-41-54(39-28-19-14-9-3)51-65-57(63)44-33-26-35-46-59(48-37-38-49-60(53(6)61)50-56(62)43-32-21-16-11-5)47-36-27-34-45-58(64)66-52-55(40-29-20-15-10-4)42-31-25-23-18-13-8-2/h54-56,62H,7-52H2,1-6H3. The highest BCUT2D eigenvalue weighted by Crippen LogP contribution is 2.22. The van der Waals surface area contributed by atoms with Crippen LogP contribution in [0.2, 0.25) is 0 Å². The maximum absolute atomic E-state index is 12.9. The molecule has 0 radical (unpaired) electrons. The van der Waals surface area contributed by atoms with E-state index in [1.807, 2.05) is 4.90 Å². The molecule has 392 valence electrons. The van der Waals surface area contributed by atoms with Crippen LogP contribution in [0.25, 0.3) is 0 Å². The van der Waals surface area contributed by atoms with Gasteiger partial charge in [-0.15, -0.1) is 0 Å². The van der Waals surface area contributed by atoms with Gasteiger partial charge in [-0.2, -0.15) is 0 Å². The van der Waals surface area contributed by atoms with E-state index in [9.17, 15) is 19.5 Å². The van der Waals surface area contributed by atoms with Gasteiger partial charge >= 0.3 is 11.9 Å². The fourth-order valence-electron chi connectivity index (χ4n) is 9.40. The molecule has 0 spiro atoms. The molecular formula is C58H114N2O6. The Hall–Kier alpha value is -1.67. The fourth-order valence-corrected chi connectivity index (χ4v) is 9.40. The molecule has 0 bridgehead atoms. The van der Waals surface area contributed by atoms with Crippen LogP contribution in [0.15, 0.2) is 0 Å². The minimum Gasteiger partial charge on any atom is -0.465 e. The lowest BCUT2D eigenvalue weighted by Gasteiger charge is -2.26. The molecule has 1 amide bonds. The third kappa shape index (κ3) is 43.6. The van der Waals surface area contributed by atoms with Gasteiger partial charge in [0.1, 0.15) is 0 Å². The Bertz CT molecular complexity index is 999. The summed E-state index contributed by atoms with van der Waals surface area (Å²) in [5.74, 6) is 0.965. The van der Waals surface area contributed by atoms with Gasteiger partial charge < -0.3 is 24.4 Å². The van der Waals surface area contributed by atoms with Crippen LogP contribution in [0.3, 0.4) is 0 Å². The van der Waals surface area contributed by atoms with Gasteiger partial charge in [0.15, 0.2) is 0 Å². The van der Waals surface area contributed by atoms with E-state index < -0.39 is 6.10 Å². The van der Waals surface area contributed by atoms with Gasteiger partial charge in [0, 0.05) is 32.9 Å². The summed E-state index contributed by atoms with van der Waals surface area (Å²) in [5.41, 5.74) is 0. The number of carbonyl (C=O) groups excluding carboxylic acids is 3. The zero-order valence-corrected chi connectivity index (χ0v) is 45.1. The second kappa shape index (κ2) is 49.7. The Morgan fingerprint density at radius 1 is 0.394 bits per heavy atom. The van der Waals surface area contributed by atoms with Crippen LogP contribution in [0.5, 0.6) is 0 Å². The largest absolute Gasteiger partial charge is 0.465 e. The quantitative estimate of drug-likeness (QED) is 0.0479. The zero-order valence-electron chi connectivity index (χ0n) is 45.1. The number of amides is 1. The third-order valence-corrected chi connectivity index (χ3v) is 14.0. The van der Waals surface area contributed by atoms with E-state index in [2.05, 4.69) is 39.5 Å². The van der Waals surface area contributed by atoms with E-state index in [1.54, 1.807) is 6.92 Å². The number of nitrogens with zero attached hydrogens (tertiary/aromatic N) is 2. The Kier molecular flexibility index (Phi) is 48.5. The first-order valence-corrected chi connectivity index (χ1v) is 29.2. The molecule has 8 nitrogen and oxygen atoms in total. The summed E-state index contributed by atoms with van der Waals surface area (Å²) in [7, 11) is 0. The van der Waals surface area contributed by atoms with Crippen molar-refractivity contribution in [1.29, 1.82) is 0 Å². The second-order valence-electron chi connectivity index (χ2n) is 20.5. The first-order valence-electron chi connectivity index (χ1n) is 29.2. The number of unbranched alkanes of at least 4 members (excludes halogenated alkanes) is 24. The summed E-state index contributed by atoms with van der Waals surface area (Å²) in [4.78, 5) is 42.6. The first kappa shape index (κ1) is 64.3. The Morgan fingerprint density at radius 2 is 0.697 bits per heavy atom. The molecule has 0 aromatic heterocycles. The summed E-state index contributed by atoms with van der Waals surface area (Å²) >= 11 is 0. The zero-order chi connectivity index (χ0) is 48.6. The van der Waals surface area contributed by atoms with Crippen molar-refractivity contribution in [3.05, 3.63) is 0 Å². The lowest BCUT2D eigenvalue weighted by molar-refractivity contribution is -0.146. The number of hydrogen-bond donors (Lipinski definition) is 1. The molecule has 0 saturated carbocycles. The van der Waals surface area contributed by atoms with Gasteiger partial charge in [0.05, 0.1) is 19.3 Å². The van der Waals surface area contributed by atoms with Crippen LogP contribution in [0.4, 0.5) is 0 Å². The van der Waals surface area contributed by atoms with E-state index in [-0.39, 0.29) is 17.8 Å². The Balaban J connectivity index is 5.02. The van der Waals surface area contributed by atoms with E-state index in [1.165, 1.54) is 167 Å². The van der Waals surface area contributed by atoms with Gasteiger partial charge in [-0.05, 0) is 102 Å². The summed E-state index contributed by atoms with van der Waals surface area (Å²) in [6.07, 6.45) is 44.0. The second-order valence-corrected chi connectivity index (χ2v) is 20.5. The number of hydrogen-bond acceptors (Lipinski definition) is 7. The minimum atomic E-state index is -0.457. The maximum atomic E-state index is 12.9. The van der Waals surface area contributed by atoms with E-state index in [0.717, 1.165) is 90.3 Å². The molecule has 0 aromatic carbocycles. The summed E-state index contributed by atoms with van der Waals surface area (Å²) in [5, 5.41) is 10.6. The lowest BCUT2D eigenvalue weighted by atomic mass is 9.95. The SMILES string of the molecule is CCCCCCCCC(CCCCCC)COC(=O)CCCCCN(CCCCCC(=O)OCC(CCCCCC)CCCCCCCC)CCCCN(CC(O)CCCCCC)C(C)=O. The topological polar surface area (TPSA) is 96.4 Å². The van der Waals surface area contributed by atoms with Gasteiger partial charge in [-0.3, -0.25) is 14.4 Å². The van der Waals surface area contributed by atoms with Crippen molar-refractivity contribution in [1.82, 2.24) is 9.80 Å². The minimum absolute atomic E-state index is 0.0340. The van der Waals surface area contributed by atoms with E-state index in [0.29, 0.717) is 51.0 Å². The molecule has 0 aliphatic rings. The summed E-state index contributed by atoms with van der Waals surface area (Å²) in [6.45, 7) is 18.1. The molecular weight excluding hydrogens is 821 g/mol. The van der Waals surface area contributed by atoms with Crippen molar-refractivity contribution >= 4 is 17.8 Å². The van der Waals surface area contributed by atoms with Gasteiger partial charge in [-0.25, -0.2) is 0 Å². The predicted octanol–water partition coefficient (Wildman–Crippen LogP) is 16.1. The van der Waals surface area contributed by atoms with Crippen molar-refractivity contribution in [3.8, 4) is 0 Å². The molecule has 0 saturated heterocycles. The van der Waals surface area contributed by atoms with E-state index in [4.69, 9.17) is 9.47 Å². The van der Waals surface area contributed by atoms with Crippen LogP contribution in [0.1, 0.15) is 292 Å². The molecule has 1 N–H and O–H groups in total. The molecule has 8 heteroatoms. The van der Waals surface area contributed by atoms with Crippen molar-refractivity contribution in [2.75, 3.05) is 45.9 Å². The molecule has 0 heterocycles. The maximum Gasteiger partial charge on any atom is 0.305 e. The average Bonchev–Trinajstić information content (AvgIpc) is 3.30. The highest BCUT2D eigenvalue weighted by Gasteiger charge is 2.17. The van der Waals surface area contributed by atoms with Crippen LogP contribution in [-0.2, 0) is 23.9 Å². The van der Waals surface area contributed by atoms with Crippen LogP contribution >= 0.6 is 0 Å². The molecule has 0 aliphatic carbocycles. The Morgan fingerprint density at radius 3 is 1.08 bits per heavy atom. The third-order valence-electron chi connectivity index (χ3n) is 14.0. The highest BCUT2D eigenvalue weighted by molar-refractivity contribution is 5.73. The average molecular weight is 936 g/mol. The smallest absolute Gasteiger partial charge is 0.305 e. The van der Waals surface area contributed by atoms with Crippen LogP contribution < -0.4 is 0 Å². The fraction of sp³-hybridized carbons (Fsp3) is 0.948. The summed E-state index contributed by atoms with van der Waals surface area (Å²) < 4.78 is 11.8. The molecule has 0 rings (SSSR count). The molecule has 3 unspecified atom stereocenters. The Labute approximate surface area is 411 Å². The monoisotopic (exact) mass is 935 g/mol. The first-order chi connectivity index (χ1) is 32.2. The predicted molar refractivity (Wildman–Crippen MR) is 282 cm³/mol. The molecule has 66 heavy (non-hydrogen) atoms. The number of aliphatic hydroxyl groups excluding tert-OH is 1. The van der Waals surface area contributed by atoms with Crippen molar-refractivity contribution in [2.45, 2.75) is 298 Å². The molecule has 0 aliphatic heterocycles. The van der Waals surface area contributed by atoms with Crippen molar-refractivity contribution in [2.24, 2.45) is 11.8 Å². The number of esters is 2. The molecule has 3 atom stereocenters. The number of ether oxygens (including phenoxy) is 2.